The fourth-order valence-electron chi connectivity index (χ4n) is 2.63. The fraction of sp³-hybridized carbons (Fsp3) is 0.529. The molecule has 6 nitrogen and oxygen atoms in total. The predicted octanol–water partition coefficient (Wildman–Crippen LogP) is 2.91. The Kier molecular flexibility index (Phi) is 6.36. The van der Waals surface area contributed by atoms with Crippen LogP contribution in [0.25, 0.3) is 0 Å². The highest BCUT2D eigenvalue weighted by Gasteiger charge is 2.13. The maximum absolute atomic E-state index is 12.2. The molecule has 0 unspecified atom stereocenters. The molecular formula is C17H25N3O3S. The minimum absolute atomic E-state index is 0.280. The molecule has 0 spiro atoms. The van der Waals surface area contributed by atoms with E-state index < -0.39 is 10.0 Å². The molecule has 0 aliphatic heterocycles. The van der Waals surface area contributed by atoms with Crippen LogP contribution in [0.3, 0.4) is 0 Å². The summed E-state index contributed by atoms with van der Waals surface area (Å²) < 4.78 is 24.2. The van der Waals surface area contributed by atoms with E-state index in [2.05, 4.69) is 10.5 Å². The minimum atomic E-state index is -3.31. The first-order valence-corrected chi connectivity index (χ1v) is 10.1. The first-order valence-electron chi connectivity index (χ1n) is 8.27. The lowest BCUT2D eigenvalue weighted by Crippen LogP contribution is -2.25. The van der Waals surface area contributed by atoms with Crippen LogP contribution in [-0.4, -0.2) is 33.3 Å². The average Bonchev–Trinajstić information content (AvgIpc) is 2.52. The Hall–Kier alpha value is -1.89. The van der Waals surface area contributed by atoms with Crippen LogP contribution >= 0.6 is 0 Å². The third-order valence-electron chi connectivity index (χ3n) is 4.24. The summed E-state index contributed by atoms with van der Waals surface area (Å²) in [7, 11) is -1.83. The van der Waals surface area contributed by atoms with Crippen LogP contribution in [0.2, 0.25) is 0 Å². The van der Waals surface area contributed by atoms with Gasteiger partial charge >= 0.3 is 0 Å². The second-order valence-corrected chi connectivity index (χ2v) is 8.18. The average molecular weight is 351 g/mol. The number of carbonyl (C=O) groups excluding carboxylic acids is 1. The molecule has 0 aromatic heterocycles. The number of rotatable bonds is 4. The number of nitrogens with zero attached hydrogens (tertiary/aromatic N) is 2. The highest BCUT2D eigenvalue weighted by Crippen LogP contribution is 2.17. The van der Waals surface area contributed by atoms with E-state index in [0.717, 1.165) is 37.7 Å². The number of hydrogen-bond donors (Lipinski definition) is 1. The van der Waals surface area contributed by atoms with Crippen LogP contribution in [0.1, 0.15) is 55.3 Å². The normalized spacial score (nSPS) is 16.0. The van der Waals surface area contributed by atoms with Gasteiger partial charge < -0.3 is 0 Å². The van der Waals surface area contributed by atoms with Crippen molar-refractivity contribution in [1.82, 2.24) is 5.43 Å². The Morgan fingerprint density at radius 3 is 2.12 bits per heavy atom. The minimum Gasteiger partial charge on any atom is -0.274 e. The van der Waals surface area contributed by atoms with E-state index in [0.29, 0.717) is 11.3 Å². The maximum Gasteiger partial charge on any atom is 0.271 e. The summed E-state index contributed by atoms with van der Waals surface area (Å²) in [4.78, 5) is 12.2. The smallest absolute Gasteiger partial charge is 0.271 e. The van der Waals surface area contributed by atoms with Crippen molar-refractivity contribution in [3.05, 3.63) is 29.8 Å². The first-order chi connectivity index (χ1) is 11.4. The Morgan fingerprint density at radius 2 is 1.58 bits per heavy atom. The molecule has 0 atom stereocenters. The van der Waals surface area contributed by atoms with Gasteiger partial charge in [-0.3, -0.25) is 9.10 Å². The third-order valence-corrected chi connectivity index (χ3v) is 5.44. The number of carbonyl (C=O) groups is 1. The molecule has 1 aliphatic rings. The maximum atomic E-state index is 12.2. The van der Waals surface area contributed by atoms with Crippen LogP contribution in [0.5, 0.6) is 0 Å². The SMILES string of the molecule is CN(c1ccc(C(=O)NN=C2CCCCCCC2)cc1)S(C)(=O)=O. The zero-order valence-corrected chi connectivity index (χ0v) is 15.1. The molecule has 1 aliphatic carbocycles. The van der Waals surface area contributed by atoms with Gasteiger partial charge in [0, 0.05) is 18.3 Å². The standard InChI is InChI=1S/C17H25N3O3S/c1-20(24(2,22)23)16-12-10-14(11-13-16)17(21)19-18-15-8-6-4-3-5-7-9-15/h10-13H,3-9H2,1-2H3,(H,19,21). The monoisotopic (exact) mass is 351 g/mol. The number of amides is 1. The molecule has 0 bridgehead atoms. The van der Waals surface area contributed by atoms with E-state index in [4.69, 9.17) is 0 Å². The number of sulfonamides is 1. The number of hydrogen-bond acceptors (Lipinski definition) is 4. The van der Waals surface area contributed by atoms with E-state index in [1.807, 2.05) is 0 Å². The van der Waals surface area contributed by atoms with E-state index in [1.54, 1.807) is 24.3 Å². The van der Waals surface area contributed by atoms with E-state index in [1.165, 1.54) is 30.6 Å². The second kappa shape index (κ2) is 8.28. The molecule has 1 saturated carbocycles. The van der Waals surface area contributed by atoms with Gasteiger partial charge in [-0.1, -0.05) is 19.3 Å². The second-order valence-electron chi connectivity index (χ2n) is 6.16. The lowest BCUT2D eigenvalue weighted by Gasteiger charge is -2.16. The summed E-state index contributed by atoms with van der Waals surface area (Å²) in [5.74, 6) is -0.280. The largest absolute Gasteiger partial charge is 0.274 e. The summed E-state index contributed by atoms with van der Waals surface area (Å²) >= 11 is 0. The highest BCUT2D eigenvalue weighted by atomic mass is 32.2. The van der Waals surface area contributed by atoms with E-state index in [9.17, 15) is 13.2 Å². The Bertz CT molecular complexity index is 686. The lowest BCUT2D eigenvalue weighted by atomic mass is 9.99. The topological polar surface area (TPSA) is 78.8 Å². The predicted molar refractivity (Wildman–Crippen MR) is 96.9 cm³/mol. The van der Waals surface area contributed by atoms with Gasteiger partial charge in [0.25, 0.3) is 5.91 Å². The summed E-state index contributed by atoms with van der Waals surface area (Å²) in [6, 6.07) is 6.42. The van der Waals surface area contributed by atoms with Gasteiger partial charge in [0.2, 0.25) is 10.0 Å². The molecule has 7 heteroatoms. The van der Waals surface area contributed by atoms with Gasteiger partial charge in [0.15, 0.2) is 0 Å². The molecular weight excluding hydrogens is 326 g/mol. The summed E-state index contributed by atoms with van der Waals surface area (Å²) in [5, 5.41) is 4.27. The molecule has 132 valence electrons. The molecule has 0 saturated heterocycles. The molecule has 1 N–H and O–H groups in total. The summed E-state index contributed by atoms with van der Waals surface area (Å²) in [6.45, 7) is 0. The zero-order chi connectivity index (χ0) is 17.6. The van der Waals surface area contributed by atoms with Crippen molar-refractivity contribution in [3.63, 3.8) is 0 Å². The third kappa shape index (κ3) is 5.33. The molecule has 0 radical (unpaired) electrons. The number of benzene rings is 1. The van der Waals surface area contributed by atoms with Crippen molar-refractivity contribution in [2.24, 2.45) is 5.10 Å². The quantitative estimate of drug-likeness (QED) is 0.847. The number of anilines is 1. The number of hydrazone groups is 1. The van der Waals surface area contributed by atoms with Crippen LogP contribution in [0.15, 0.2) is 29.4 Å². The van der Waals surface area contributed by atoms with Crippen LogP contribution in [-0.2, 0) is 10.0 Å². The zero-order valence-electron chi connectivity index (χ0n) is 14.3. The van der Waals surface area contributed by atoms with Crippen molar-refractivity contribution in [2.45, 2.75) is 44.9 Å². The van der Waals surface area contributed by atoms with Gasteiger partial charge in [-0.05, 0) is 49.9 Å². The van der Waals surface area contributed by atoms with Crippen LogP contribution < -0.4 is 9.73 Å². The van der Waals surface area contributed by atoms with E-state index >= 15 is 0 Å². The summed E-state index contributed by atoms with van der Waals surface area (Å²) in [5.41, 5.74) is 4.63. The lowest BCUT2D eigenvalue weighted by molar-refractivity contribution is 0.0954. The molecule has 1 aromatic carbocycles. The van der Waals surface area contributed by atoms with Gasteiger partial charge in [0.1, 0.15) is 0 Å². The molecule has 2 rings (SSSR count). The van der Waals surface area contributed by atoms with Gasteiger partial charge in [0.05, 0.1) is 11.9 Å². The molecule has 1 aromatic rings. The molecule has 24 heavy (non-hydrogen) atoms. The fourth-order valence-corrected chi connectivity index (χ4v) is 3.14. The van der Waals surface area contributed by atoms with Crippen molar-refractivity contribution >= 4 is 27.3 Å². The van der Waals surface area contributed by atoms with Crippen LogP contribution in [0, 0.1) is 0 Å². The van der Waals surface area contributed by atoms with Crippen molar-refractivity contribution in [1.29, 1.82) is 0 Å². The Morgan fingerprint density at radius 1 is 1.04 bits per heavy atom. The summed E-state index contributed by atoms with van der Waals surface area (Å²) in [6.07, 6.45) is 9.01. The number of nitrogens with one attached hydrogen (secondary N) is 1. The van der Waals surface area contributed by atoms with Gasteiger partial charge in [-0.2, -0.15) is 5.10 Å². The Labute approximate surface area is 144 Å². The highest BCUT2D eigenvalue weighted by molar-refractivity contribution is 7.92. The van der Waals surface area contributed by atoms with Crippen molar-refractivity contribution < 1.29 is 13.2 Å². The Balaban J connectivity index is 1.99. The van der Waals surface area contributed by atoms with Crippen molar-refractivity contribution in [3.8, 4) is 0 Å². The molecule has 0 heterocycles. The van der Waals surface area contributed by atoms with E-state index in [-0.39, 0.29) is 5.91 Å². The van der Waals surface area contributed by atoms with Crippen molar-refractivity contribution in [2.75, 3.05) is 17.6 Å². The first kappa shape index (κ1) is 18.4. The molecule has 1 amide bonds. The molecule has 1 fully saturated rings. The van der Waals surface area contributed by atoms with Gasteiger partial charge in [-0.15, -0.1) is 0 Å². The van der Waals surface area contributed by atoms with Gasteiger partial charge in [-0.25, -0.2) is 13.8 Å². The van der Waals surface area contributed by atoms with Crippen LogP contribution in [0.4, 0.5) is 5.69 Å².